The summed E-state index contributed by atoms with van der Waals surface area (Å²) in [6.45, 7) is 1.70. The fraction of sp³-hybridized carbons (Fsp3) is 0.0714. The summed E-state index contributed by atoms with van der Waals surface area (Å²) in [4.78, 5) is 12.2. The van der Waals surface area contributed by atoms with Gasteiger partial charge >= 0.3 is 0 Å². The monoisotopic (exact) mass is 244 g/mol. The number of hydrogen-bond acceptors (Lipinski definition) is 4. The van der Waals surface area contributed by atoms with Gasteiger partial charge in [0.25, 0.3) is 0 Å². The molecule has 0 spiro atoms. The lowest BCUT2D eigenvalue weighted by Crippen LogP contribution is -2.03. The second-order valence-electron chi connectivity index (χ2n) is 4.03. The largest absolute Gasteiger partial charge is 0.508 e. The lowest BCUT2D eigenvalue weighted by atomic mass is 9.98. The zero-order valence-electron chi connectivity index (χ0n) is 9.71. The van der Waals surface area contributed by atoms with Crippen LogP contribution in [0.4, 0.5) is 0 Å². The summed E-state index contributed by atoms with van der Waals surface area (Å²) in [6.07, 6.45) is 0. The van der Waals surface area contributed by atoms with Gasteiger partial charge in [-0.2, -0.15) is 0 Å². The molecule has 0 fully saturated rings. The van der Waals surface area contributed by atoms with E-state index in [-0.39, 0.29) is 28.6 Å². The second-order valence-corrected chi connectivity index (χ2v) is 4.03. The Morgan fingerprint density at radius 2 is 1.44 bits per heavy atom. The summed E-state index contributed by atoms with van der Waals surface area (Å²) < 4.78 is 0. The molecule has 92 valence electrons. The highest BCUT2D eigenvalue weighted by molar-refractivity contribution is 6.11. The quantitative estimate of drug-likeness (QED) is 0.708. The number of rotatable bonds is 2. The van der Waals surface area contributed by atoms with Crippen LogP contribution >= 0.6 is 0 Å². The van der Waals surface area contributed by atoms with Gasteiger partial charge in [0, 0.05) is 11.6 Å². The van der Waals surface area contributed by atoms with E-state index in [0.29, 0.717) is 11.1 Å². The van der Waals surface area contributed by atoms with Crippen molar-refractivity contribution in [3.8, 4) is 17.2 Å². The number of aryl methyl sites for hydroxylation is 1. The van der Waals surface area contributed by atoms with Gasteiger partial charge in [0.15, 0.2) is 5.78 Å². The zero-order chi connectivity index (χ0) is 13.3. The van der Waals surface area contributed by atoms with Crippen LogP contribution in [0.5, 0.6) is 17.2 Å². The van der Waals surface area contributed by atoms with Crippen molar-refractivity contribution in [3.05, 3.63) is 53.1 Å². The third-order valence-electron chi connectivity index (χ3n) is 2.68. The number of benzene rings is 2. The molecule has 0 aliphatic heterocycles. The van der Waals surface area contributed by atoms with Gasteiger partial charge in [0.05, 0.1) is 5.56 Å². The molecular formula is C14H12O4. The number of carbonyl (C=O) groups is 1. The van der Waals surface area contributed by atoms with Crippen molar-refractivity contribution in [2.45, 2.75) is 6.92 Å². The Bertz CT molecular complexity index is 564. The van der Waals surface area contributed by atoms with Crippen molar-refractivity contribution in [3.63, 3.8) is 0 Å². The van der Waals surface area contributed by atoms with Crippen LogP contribution in [0.2, 0.25) is 0 Å². The van der Waals surface area contributed by atoms with Gasteiger partial charge in [-0.25, -0.2) is 0 Å². The van der Waals surface area contributed by atoms with E-state index in [0.717, 1.165) is 6.07 Å². The fourth-order valence-electron chi connectivity index (χ4n) is 1.76. The van der Waals surface area contributed by atoms with E-state index in [4.69, 9.17) is 0 Å². The number of carbonyl (C=O) groups excluding carboxylic acids is 1. The highest BCUT2D eigenvalue weighted by Crippen LogP contribution is 2.26. The first-order valence-electron chi connectivity index (χ1n) is 5.35. The van der Waals surface area contributed by atoms with Crippen molar-refractivity contribution in [1.29, 1.82) is 0 Å². The van der Waals surface area contributed by atoms with E-state index in [9.17, 15) is 20.1 Å². The van der Waals surface area contributed by atoms with Gasteiger partial charge in [-0.05, 0) is 42.8 Å². The maximum absolute atomic E-state index is 12.2. The molecule has 4 nitrogen and oxygen atoms in total. The highest BCUT2D eigenvalue weighted by atomic mass is 16.3. The molecule has 0 unspecified atom stereocenters. The maximum atomic E-state index is 12.2. The van der Waals surface area contributed by atoms with Crippen LogP contribution in [0.3, 0.4) is 0 Å². The normalized spacial score (nSPS) is 10.3. The van der Waals surface area contributed by atoms with Gasteiger partial charge in [-0.3, -0.25) is 4.79 Å². The molecule has 0 radical (unpaired) electrons. The summed E-state index contributed by atoms with van der Waals surface area (Å²) in [7, 11) is 0. The molecule has 0 aliphatic carbocycles. The van der Waals surface area contributed by atoms with Crippen LogP contribution in [0.15, 0.2) is 36.4 Å². The molecule has 0 saturated heterocycles. The minimum absolute atomic E-state index is 0.0824. The summed E-state index contributed by atoms with van der Waals surface area (Å²) in [5.74, 6) is -0.650. The first-order chi connectivity index (χ1) is 8.49. The molecule has 0 aliphatic rings. The van der Waals surface area contributed by atoms with E-state index in [2.05, 4.69) is 0 Å². The second kappa shape index (κ2) is 4.41. The smallest absolute Gasteiger partial charge is 0.197 e. The fourth-order valence-corrected chi connectivity index (χ4v) is 1.76. The molecule has 4 heteroatoms. The van der Waals surface area contributed by atoms with E-state index in [1.165, 1.54) is 30.3 Å². The van der Waals surface area contributed by atoms with Crippen molar-refractivity contribution in [1.82, 2.24) is 0 Å². The van der Waals surface area contributed by atoms with Crippen molar-refractivity contribution < 1.29 is 20.1 Å². The molecule has 0 heterocycles. The Morgan fingerprint density at radius 3 is 2.00 bits per heavy atom. The third-order valence-corrected chi connectivity index (χ3v) is 2.68. The molecule has 0 atom stereocenters. The van der Waals surface area contributed by atoms with E-state index in [1.807, 2.05) is 0 Å². The number of phenols is 3. The Balaban J connectivity index is 2.48. The molecule has 0 aromatic heterocycles. The average Bonchev–Trinajstić information content (AvgIpc) is 2.28. The van der Waals surface area contributed by atoms with Crippen LogP contribution < -0.4 is 0 Å². The molecule has 2 rings (SSSR count). The van der Waals surface area contributed by atoms with Gasteiger partial charge in [0.1, 0.15) is 17.2 Å². The molecular weight excluding hydrogens is 232 g/mol. The third kappa shape index (κ3) is 2.13. The Labute approximate surface area is 104 Å². The summed E-state index contributed by atoms with van der Waals surface area (Å²) in [5.41, 5.74) is 1.13. The van der Waals surface area contributed by atoms with Crippen LogP contribution in [-0.2, 0) is 0 Å². The Hall–Kier alpha value is -2.49. The van der Waals surface area contributed by atoms with Gasteiger partial charge in [0.2, 0.25) is 0 Å². The zero-order valence-corrected chi connectivity index (χ0v) is 9.71. The minimum Gasteiger partial charge on any atom is -0.508 e. The van der Waals surface area contributed by atoms with Gasteiger partial charge in [-0.15, -0.1) is 0 Å². The molecule has 0 amide bonds. The summed E-state index contributed by atoms with van der Waals surface area (Å²) in [5, 5.41) is 28.1. The van der Waals surface area contributed by atoms with Crippen LogP contribution in [0, 0.1) is 6.92 Å². The number of hydrogen-bond donors (Lipinski definition) is 3. The first kappa shape index (κ1) is 12.0. The summed E-state index contributed by atoms with van der Waals surface area (Å²) in [6, 6.07) is 8.20. The number of phenolic OH excluding ortho intramolecular Hbond substituents is 3. The van der Waals surface area contributed by atoms with Gasteiger partial charge < -0.3 is 15.3 Å². The van der Waals surface area contributed by atoms with Crippen molar-refractivity contribution in [2.75, 3.05) is 0 Å². The standard InChI is InChI=1S/C14H12O4/c1-8-6-9(15)2-4-11(8)14(18)12-5-3-10(16)7-13(12)17/h2-7,15-17H,1H3. The average molecular weight is 244 g/mol. The van der Waals surface area contributed by atoms with Crippen molar-refractivity contribution >= 4 is 5.78 Å². The molecule has 18 heavy (non-hydrogen) atoms. The topological polar surface area (TPSA) is 77.8 Å². The van der Waals surface area contributed by atoms with Crippen LogP contribution in [0.25, 0.3) is 0 Å². The van der Waals surface area contributed by atoms with Crippen LogP contribution in [0.1, 0.15) is 21.5 Å². The minimum atomic E-state index is -0.356. The SMILES string of the molecule is Cc1cc(O)ccc1C(=O)c1ccc(O)cc1O. The lowest BCUT2D eigenvalue weighted by molar-refractivity contribution is 0.103. The van der Waals surface area contributed by atoms with Crippen LogP contribution in [-0.4, -0.2) is 21.1 Å². The molecule has 2 aromatic carbocycles. The predicted octanol–water partition coefficient (Wildman–Crippen LogP) is 2.34. The molecule has 0 saturated carbocycles. The molecule has 0 bridgehead atoms. The lowest BCUT2D eigenvalue weighted by Gasteiger charge is -2.07. The maximum Gasteiger partial charge on any atom is 0.197 e. The number of aromatic hydroxyl groups is 3. The van der Waals surface area contributed by atoms with E-state index < -0.39 is 0 Å². The van der Waals surface area contributed by atoms with E-state index in [1.54, 1.807) is 6.92 Å². The van der Waals surface area contributed by atoms with Crippen molar-refractivity contribution in [2.24, 2.45) is 0 Å². The predicted molar refractivity (Wildman–Crippen MR) is 66.0 cm³/mol. The molecule has 2 aromatic rings. The molecule has 3 N–H and O–H groups in total. The Morgan fingerprint density at radius 1 is 0.889 bits per heavy atom. The number of ketones is 1. The Kier molecular flexibility index (Phi) is 2.93. The van der Waals surface area contributed by atoms with Gasteiger partial charge in [-0.1, -0.05) is 0 Å². The summed E-state index contributed by atoms with van der Waals surface area (Å²) >= 11 is 0. The van der Waals surface area contributed by atoms with E-state index >= 15 is 0 Å². The highest BCUT2D eigenvalue weighted by Gasteiger charge is 2.16. The first-order valence-corrected chi connectivity index (χ1v) is 5.35.